The molecule has 138 valence electrons. The molecular weight excluding hydrogens is 334 g/mol. The monoisotopic (exact) mass is 357 g/mol. The van der Waals surface area contributed by atoms with E-state index in [0.29, 0.717) is 13.2 Å². The maximum atomic E-state index is 10.6. The summed E-state index contributed by atoms with van der Waals surface area (Å²) in [7, 11) is 0. The van der Waals surface area contributed by atoms with Crippen molar-refractivity contribution in [1.82, 2.24) is 0 Å². The highest BCUT2D eigenvalue weighted by atomic mass is 16.7. The lowest BCUT2D eigenvalue weighted by atomic mass is 9.96. The first-order chi connectivity index (χ1) is 12.7. The summed E-state index contributed by atoms with van der Waals surface area (Å²) in [5.74, 6) is 0. The molecule has 0 spiro atoms. The molecule has 2 aliphatic rings. The molecule has 6 nitrogen and oxygen atoms in total. The van der Waals surface area contributed by atoms with E-state index in [1.165, 1.54) is 0 Å². The van der Waals surface area contributed by atoms with E-state index < -0.39 is 36.9 Å². The Balaban J connectivity index is 1.40. The van der Waals surface area contributed by atoms with Gasteiger partial charge in [0.15, 0.2) is 12.6 Å². The molecule has 0 amide bonds. The second-order valence-corrected chi connectivity index (χ2v) is 6.58. The van der Waals surface area contributed by atoms with Gasteiger partial charge in [-0.3, -0.25) is 0 Å². The first kappa shape index (κ1) is 17.6. The third-order valence-electron chi connectivity index (χ3n) is 4.74. The Morgan fingerprint density at radius 3 is 2.42 bits per heavy atom. The van der Waals surface area contributed by atoms with Gasteiger partial charge in [-0.15, -0.1) is 0 Å². The van der Waals surface area contributed by atoms with Crippen molar-refractivity contribution in [1.29, 1.82) is 0 Å². The van der Waals surface area contributed by atoms with Crippen molar-refractivity contribution in [3.8, 4) is 0 Å². The molecule has 0 saturated carbocycles. The molecule has 6 heteroatoms. The predicted molar refractivity (Wildman–Crippen MR) is 93.9 cm³/mol. The van der Waals surface area contributed by atoms with Gasteiger partial charge in [-0.2, -0.15) is 0 Å². The van der Waals surface area contributed by atoms with Crippen LogP contribution in [0, 0.1) is 0 Å². The molecule has 2 aliphatic heterocycles. The number of ether oxygens (including phenoxy) is 4. The van der Waals surface area contributed by atoms with Crippen LogP contribution in [-0.2, 0) is 25.6 Å². The fraction of sp³-hybridized carbons (Fsp3) is 0.400. The molecule has 26 heavy (non-hydrogen) atoms. The number of hydrogen-bond donors (Lipinski definition) is 2. The number of rotatable bonds is 4. The van der Waals surface area contributed by atoms with Gasteiger partial charge in [0.1, 0.15) is 18.3 Å². The van der Waals surface area contributed by atoms with Gasteiger partial charge in [-0.1, -0.05) is 60.7 Å². The van der Waals surface area contributed by atoms with Crippen LogP contribution in [0.15, 0.2) is 60.7 Å². The Labute approximate surface area is 152 Å². The van der Waals surface area contributed by atoms with Gasteiger partial charge >= 0.3 is 0 Å². The first-order valence-corrected chi connectivity index (χ1v) is 8.79. The van der Waals surface area contributed by atoms with E-state index in [0.717, 1.165) is 11.1 Å². The van der Waals surface area contributed by atoms with Crippen molar-refractivity contribution >= 4 is 0 Å². The zero-order valence-electron chi connectivity index (χ0n) is 14.3. The molecule has 0 aliphatic carbocycles. The highest BCUT2D eigenvalue weighted by Gasteiger charge is 2.48. The van der Waals surface area contributed by atoms with Crippen LogP contribution in [0.5, 0.6) is 0 Å². The van der Waals surface area contributed by atoms with Crippen molar-refractivity contribution in [2.75, 3.05) is 6.61 Å². The van der Waals surface area contributed by atoms with Crippen molar-refractivity contribution in [3.63, 3.8) is 0 Å². The van der Waals surface area contributed by atoms with E-state index in [-0.39, 0.29) is 0 Å². The zero-order valence-corrected chi connectivity index (χ0v) is 14.3. The first-order valence-electron chi connectivity index (χ1n) is 8.79. The standard InChI is InChI=1S/C20H23NO5/c21-16-17(22)18-15(12-24-19(26-18)14-9-5-2-6-10-14)25-20(16)23-11-13-7-3-1-4-8-13/h1-10,15-20,22H,11-12,21H2. The van der Waals surface area contributed by atoms with Gasteiger partial charge < -0.3 is 29.8 Å². The Bertz CT molecular complexity index is 696. The minimum atomic E-state index is -0.898. The van der Waals surface area contributed by atoms with E-state index in [1.54, 1.807) is 0 Å². The van der Waals surface area contributed by atoms with E-state index in [4.69, 9.17) is 24.7 Å². The average Bonchev–Trinajstić information content (AvgIpc) is 2.71. The van der Waals surface area contributed by atoms with Crippen LogP contribution in [-0.4, -0.2) is 42.4 Å². The minimum absolute atomic E-state index is 0.305. The normalized spacial score (nSPS) is 34.2. The van der Waals surface area contributed by atoms with Crippen molar-refractivity contribution in [2.45, 2.75) is 43.5 Å². The molecule has 2 saturated heterocycles. The van der Waals surface area contributed by atoms with Crippen LogP contribution in [0.4, 0.5) is 0 Å². The summed E-state index contributed by atoms with van der Waals surface area (Å²) in [5, 5.41) is 10.6. The van der Waals surface area contributed by atoms with Crippen LogP contribution in [0.1, 0.15) is 17.4 Å². The fourth-order valence-corrected chi connectivity index (χ4v) is 3.29. The van der Waals surface area contributed by atoms with Gasteiger partial charge in [0.25, 0.3) is 0 Å². The predicted octanol–water partition coefficient (Wildman–Crippen LogP) is 1.73. The highest BCUT2D eigenvalue weighted by molar-refractivity contribution is 5.17. The Morgan fingerprint density at radius 1 is 1.00 bits per heavy atom. The van der Waals surface area contributed by atoms with Crippen LogP contribution >= 0.6 is 0 Å². The maximum Gasteiger partial charge on any atom is 0.184 e. The number of aliphatic hydroxyl groups is 1. The van der Waals surface area contributed by atoms with Gasteiger partial charge in [-0.25, -0.2) is 0 Å². The Hall–Kier alpha value is -1.80. The molecule has 6 atom stereocenters. The van der Waals surface area contributed by atoms with Crippen LogP contribution in [0.2, 0.25) is 0 Å². The molecule has 4 rings (SSSR count). The average molecular weight is 357 g/mol. The van der Waals surface area contributed by atoms with Gasteiger partial charge in [0.2, 0.25) is 0 Å². The number of nitrogens with two attached hydrogens (primary N) is 1. The number of hydrogen-bond acceptors (Lipinski definition) is 6. The largest absolute Gasteiger partial charge is 0.388 e. The maximum absolute atomic E-state index is 10.6. The van der Waals surface area contributed by atoms with Crippen molar-refractivity contribution < 1.29 is 24.1 Å². The Morgan fingerprint density at radius 2 is 1.69 bits per heavy atom. The number of benzene rings is 2. The van der Waals surface area contributed by atoms with Crippen LogP contribution < -0.4 is 5.73 Å². The summed E-state index contributed by atoms with van der Waals surface area (Å²) in [6, 6.07) is 18.7. The third kappa shape index (κ3) is 3.66. The summed E-state index contributed by atoms with van der Waals surface area (Å²) in [4.78, 5) is 0. The van der Waals surface area contributed by atoms with Crippen molar-refractivity contribution in [2.24, 2.45) is 5.73 Å². The summed E-state index contributed by atoms with van der Waals surface area (Å²) < 4.78 is 23.4. The van der Waals surface area contributed by atoms with Gasteiger partial charge in [0, 0.05) is 5.56 Å². The topological polar surface area (TPSA) is 83.2 Å². The van der Waals surface area contributed by atoms with E-state index in [9.17, 15) is 5.11 Å². The molecule has 0 bridgehead atoms. The zero-order chi connectivity index (χ0) is 17.9. The molecule has 3 N–H and O–H groups in total. The minimum Gasteiger partial charge on any atom is -0.388 e. The smallest absolute Gasteiger partial charge is 0.184 e. The SMILES string of the molecule is NC1C(OCc2ccccc2)OC2COC(c3ccccc3)OC2C1O. The summed E-state index contributed by atoms with van der Waals surface area (Å²) in [5.41, 5.74) is 8.07. The number of fused-ring (bicyclic) bond motifs is 1. The quantitative estimate of drug-likeness (QED) is 0.867. The lowest BCUT2D eigenvalue weighted by molar-refractivity contribution is -0.343. The molecule has 2 aromatic rings. The molecule has 0 radical (unpaired) electrons. The summed E-state index contributed by atoms with van der Waals surface area (Å²) in [6.07, 6.45) is -3.13. The molecule has 2 aromatic carbocycles. The molecule has 6 unspecified atom stereocenters. The lowest BCUT2D eigenvalue weighted by Gasteiger charge is -2.46. The lowest BCUT2D eigenvalue weighted by Crippen LogP contribution is -2.64. The molecule has 2 heterocycles. The van der Waals surface area contributed by atoms with Crippen LogP contribution in [0.3, 0.4) is 0 Å². The highest BCUT2D eigenvalue weighted by Crippen LogP contribution is 2.33. The molecule has 0 aromatic heterocycles. The summed E-state index contributed by atoms with van der Waals surface area (Å²) >= 11 is 0. The fourth-order valence-electron chi connectivity index (χ4n) is 3.29. The molecular formula is C20H23NO5. The van der Waals surface area contributed by atoms with Gasteiger partial charge in [-0.05, 0) is 5.56 Å². The van der Waals surface area contributed by atoms with E-state index >= 15 is 0 Å². The van der Waals surface area contributed by atoms with E-state index in [1.807, 2.05) is 60.7 Å². The molecule has 2 fully saturated rings. The van der Waals surface area contributed by atoms with Crippen molar-refractivity contribution in [3.05, 3.63) is 71.8 Å². The van der Waals surface area contributed by atoms with Gasteiger partial charge in [0.05, 0.1) is 19.3 Å². The third-order valence-corrected chi connectivity index (χ3v) is 4.74. The number of aliphatic hydroxyl groups excluding tert-OH is 1. The van der Waals surface area contributed by atoms with Crippen LogP contribution in [0.25, 0.3) is 0 Å². The van der Waals surface area contributed by atoms with E-state index in [2.05, 4.69) is 0 Å². The second-order valence-electron chi connectivity index (χ2n) is 6.58. The summed E-state index contributed by atoms with van der Waals surface area (Å²) in [6.45, 7) is 0.664. The second kappa shape index (κ2) is 7.84. The Kier molecular flexibility index (Phi) is 5.31.